The number of rotatable bonds is 8. The number of amides is 1. The quantitative estimate of drug-likeness (QED) is 0.684. The molecule has 0 bridgehead atoms. The predicted molar refractivity (Wildman–Crippen MR) is 74.7 cm³/mol. The number of ether oxygens (including phenoxy) is 1. The summed E-state index contributed by atoms with van der Waals surface area (Å²) in [5.41, 5.74) is 5.90. The second kappa shape index (κ2) is 8.51. The number of carbonyl (C=O) groups excluding carboxylic acids is 1. The third-order valence-corrected chi connectivity index (χ3v) is 4.16. The second-order valence-electron chi connectivity index (χ2n) is 5.54. The summed E-state index contributed by atoms with van der Waals surface area (Å²) in [6.45, 7) is 1.99. The molecule has 0 unspecified atom stereocenters. The molecule has 0 aromatic rings. The van der Waals surface area contributed by atoms with Crippen molar-refractivity contribution in [2.45, 2.75) is 38.5 Å². The molecular weight excluding hydrogens is 244 g/mol. The fraction of sp³-hybridized carbons (Fsp3) is 0.929. The fourth-order valence-electron chi connectivity index (χ4n) is 2.87. The van der Waals surface area contributed by atoms with Crippen LogP contribution in [0, 0.1) is 5.41 Å². The molecule has 0 radical (unpaired) electrons. The number of methoxy groups -OCH3 is 1. The Labute approximate surface area is 116 Å². The van der Waals surface area contributed by atoms with E-state index in [1.165, 1.54) is 19.3 Å². The third kappa shape index (κ3) is 5.09. The minimum Gasteiger partial charge on any atom is -0.395 e. The standard InChI is InChI=1S/C14H28N2O3/c1-19-10-8-16(7-9-17)13(18)11-14(12-15)5-3-2-4-6-14/h17H,2-12,15H2,1H3. The fourth-order valence-corrected chi connectivity index (χ4v) is 2.87. The Hall–Kier alpha value is -0.650. The van der Waals surface area contributed by atoms with E-state index >= 15 is 0 Å². The smallest absolute Gasteiger partial charge is 0.223 e. The average Bonchev–Trinajstić information content (AvgIpc) is 2.44. The van der Waals surface area contributed by atoms with E-state index in [1.807, 2.05) is 0 Å². The third-order valence-electron chi connectivity index (χ3n) is 4.16. The Bertz CT molecular complexity index is 265. The molecule has 5 nitrogen and oxygen atoms in total. The predicted octanol–water partition coefficient (Wildman–Crippen LogP) is 0.753. The number of hydrogen-bond donors (Lipinski definition) is 2. The molecule has 0 saturated heterocycles. The molecule has 0 aromatic heterocycles. The van der Waals surface area contributed by atoms with E-state index in [9.17, 15) is 4.79 Å². The van der Waals surface area contributed by atoms with E-state index in [-0.39, 0.29) is 17.9 Å². The van der Waals surface area contributed by atoms with Gasteiger partial charge in [-0.3, -0.25) is 4.79 Å². The van der Waals surface area contributed by atoms with Crippen molar-refractivity contribution in [3.05, 3.63) is 0 Å². The van der Waals surface area contributed by atoms with Crippen LogP contribution in [0.4, 0.5) is 0 Å². The Morgan fingerprint density at radius 1 is 1.32 bits per heavy atom. The summed E-state index contributed by atoms with van der Waals surface area (Å²) >= 11 is 0. The van der Waals surface area contributed by atoms with Gasteiger partial charge in [0.05, 0.1) is 13.2 Å². The van der Waals surface area contributed by atoms with Crippen LogP contribution in [-0.2, 0) is 9.53 Å². The van der Waals surface area contributed by atoms with Gasteiger partial charge in [-0.2, -0.15) is 0 Å². The molecule has 0 spiro atoms. The van der Waals surface area contributed by atoms with Gasteiger partial charge in [0.15, 0.2) is 0 Å². The normalized spacial score (nSPS) is 18.3. The van der Waals surface area contributed by atoms with E-state index in [0.29, 0.717) is 32.7 Å². The van der Waals surface area contributed by atoms with Crippen LogP contribution < -0.4 is 5.73 Å². The lowest BCUT2D eigenvalue weighted by Crippen LogP contribution is -2.42. The average molecular weight is 272 g/mol. The molecule has 19 heavy (non-hydrogen) atoms. The molecule has 0 heterocycles. The van der Waals surface area contributed by atoms with Crippen LogP contribution in [0.2, 0.25) is 0 Å². The molecule has 0 aliphatic heterocycles. The molecule has 0 atom stereocenters. The number of aliphatic hydroxyl groups excluding tert-OH is 1. The lowest BCUT2D eigenvalue weighted by Gasteiger charge is -2.37. The Kier molecular flexibility index (Phi) is 7.34. The van der Waals surface area contributed by atoms with Crippen LogP contribution in [0.25, 0.3) is 0 Å². The first kappa shape index (κ1) is 16.4. The highest BCUT2D eigenvalue weighted by atomic mass is 16.5. The summed E-state index contributed by atoms with van der Waals surface area (Å²) in [6, 6.07) is 0. The molecule has 3 N–H and O–H groups in total. The van der Waals surface area contributed by atoms with Crippen LogP contribution in [0.3, 0.4) is 0 Å². The van der Waals surface area contributed by atoms with Crippen LogP contribution >= 0.6 is 0 Å². The minimum atomic E-state index is -0.0177. The van der Waals surface area contributed by atoms with Crippen molar-refractivity contribution in [1.29, 1.82) is 0 Å². The summed E-state index contributed by atoms with van der Waals surface area (Å²) in [5.74, 6) is 0.0958. The van der Waals surface area contributed by atoms with E-state index in [0.717, 1.165) is 12.8 Å². The number of aliphatic hydroxyl groups is 1. The van der Waals surface area contributed by atoms with E-state index in [1.54, 1.807) is 12.0 Å². The van der Waals surface area contributed by atoms with Gasteiger partial charge in [0.1, 0.15) is 0 Å². The van der Waals surface area contributed by atoms with Gasteiger partial charge in [0.2, 0.25) is 5.91 Å². The van der Waals surface area contributed by atoms with Crippen LogP contribution in [-0.4, -0.2) is 55.9 Å². The molecule has 5 heteroatoms. The van der Waals surface area contributed by atoms with Gasteiger partial charge in [0, 0.05) is 26.6 Å². The summed E-state index contributed by atoms with van der Waals surface area (Å²) < 4.78 is 5.01. The number of nitrogens with zero attached hydrogens (tertiary/aromatic N) is 1. The number of nitrogens with two attached hydrogens (primary N) is 1. The lowest BCUT2D eigenvalue weighted by molar-refractivity contribution is -0.135. The molecule has 1 saturated carbocycles. The zero-order valence-electron chi connectivity index (χ0n) is 12.1. The SMILES string of the molecule is COCCN(CCO)C(=O)CC1(CN)CCCCC1. The van der Waals surface area contributed by atoms with Gasteiger partial charge >= 0.3 is 0 Å². The van der Waals surface area contributed by atoms with Crippen molar-refractivity contribution in [2.24, 2.45) is 11.1 Å². The van der Waals surface area contributed by atoms with Gasteiger partial charge in [0.25, 0.3) is 0 Å². The monoisotopic (exact) mass is 272 g/mol. The maximum atomic E-state index is 12.4. The Morgan fingerprint density at radius 2 is 2.00 bits per heavy atom. The van der Waals surface area contributed by atoms with Crippen molar-refractivity contribution < 1.29 is 14.6 Å². The van der Waals surface area contributed by atoms with Crippen molar-refractivity contribution in [3.8, 4) is 0 Å². The first-order valence-corrected chi connectivity index (χ1v) is 7.25. The highest BCUT2D eigenvalue weighted by Gasteiger charge is 2.34. The molecule has 1 aliphatic carbocycles. The molecule has 1 amide bonds. The van der Waals surface area contributed by atoms with Gasteiger partial charge in [-0.15, -0.1) is 0 Å². The van der Waals surface area contributed by atoms with Gasteiger partial charge in [-0.25, -0.2) is 0 Å². The van der Waals surface area contributed by atoms with E-state index in [4.69, 9.17) is 15.6 Å². The van der Waals surface area contributed by atoms with Gasteiger partial charge in [-0.05, 0) is 24.8 Å². The molecule has 0 aromatic carbocycles. The molecule has 1 rings (SSSR count). The number of hydrogen-bond acceptors (Lipinski definition) is 4. The first-order chi connectivity index (χ1) is 9.17. The zero-order chi connectivity index (χ0) is 14.1. The maximum absolute atomic E-state index is 12.4. The van der Waals surface area contributed by atoms with Crippen LogP contribution in [0.5, 0.6) is 0 Å². The highest BCUT2D eigenvalue weighted by molar-refractivity contribution is 5.77. The lowest BCUT2D eigenvalue weighted by atomic mass is 9.71. The second-order valence-corrected chi connectivity index (χ2v) is 5.54. The first-order valence-electron chi connectivity index (χ1n) is 7.25. The Balaban J connectivity index is 2.57. The summed E-state index contributed by atoms with van der Waals surface area (Å²) in [4.78, 5) is 14.1. The maximum Gasteiger partial charge on any atom is 0.223 e. The largest absolute Gasteiger partial charge is 0.395 e. The highest BCUT2D eigenvalue weighted by Crippen LogP contribution is 2.38. The Morgan fingerprint density at radius 3 is 2.53 bits per heavy atom. The van der Waals surface area contributed by atoms with Gasteiger partial charge in [-0.1, -0.05) is 19.3 Å². The summed E-state index contributed by atoms with van der Waals surface area (Å²) in [7, 11) is 1.62. The van der Waals surface area contributed by atoms with E-state index < -0.39 is 0 Å². The van der Waals surface area contributed by atoms with Crippen molar-refractivity contribution in [3.63, 3.8) is 0 Å². The van der Waals surface area contributed by atoms with Crippen LogP contribution in [0.1, 0.15) is 38.5 Å². The molecule has 1 fully saturated rings. The van der Waals surface area contributed by atoms with Gasteiger partial charge < -0.3 is 20.5 Å². The topological polar surface area (TPSA) is 75.8 Å². The summed E-state index contributed by atoms with van der Waals surface area (Å²) in [5, 5.41) is 9.05. The molecule has 1 aliphatic rings. The van der Waals surface area contributed by atoms with Crippen molar-refractivity contribution in [2.75, 3.05) is 40.0 Å². The number of carbonyl (C=O) groups is 1. The molecule has 112 valence electrons. The minimum absolute atomic E-state index is 0.00885. The van der Waals surface area contributed by atoms with Crippen molar-refractivity contribution in [1.82, 2.24) is 4.90 Å². The van der Waals surface area contributed by atoms with E-state index in [2.05, 4.69) is 0 Å². The van der Waals surface area contributed by atoms with Crippen LogP contribution in [0.15, 0.2) is 0 Å². The van der Waals surface area contributed by atoms with Crippen molar-refractivity contribution >= 4 is 5.91 Å². The summed E-state index contributed by atoms with van der Waals surface area (Å²) in [6.07, 6.45) is 6.19. The molecular formula is C14H28N2O3. The zero-order valence-corrected chi connectivity index (χ0v) is 12.1.